The predicted molar refractivity (Wildman–Crippen MR) is 97.2 cm³/mol. The van der Waals surface area contributed by atoms with Gasteiger partial charge in [0, 0.05) is 31.4 Å². The summed E-state index contributed by atoms with van der Waals surface area (Å²) < 4.78 is 8.26. The third-order valence-electron chi connectivity index (χ3n) is 3.98. The van der Waals surface area contributed by atoms with Crippen LogP contribution in [0.1, 0.15) is 23.1 Å². The van der Waals surface area contributed by atoms with Crippen molar-refractivity contribution in [2.45, 2.75) is 12.5 Å². The molecule has 0 amide bonds. The van der Waals surface area contributed by atoms with Gasteiger partial charge in [0.1, 0.15) is 17.7 Å². The average molecular weight is 329 g/mol. The van der Waals surface area contributed by atoms with Gasteiger partial charge in [0.15, 0.2) is 0 Å². The number of nitriles is 1. The van der Waals surface area contributed by atoms with Crippen molar-refractivity contribution < 1.29 is 4.74 Å². The van der Waals surface area contributed by atoms with Gasteiger partial charge in [0.05, 0.1) is 12.1 Å². The molecule has 0 spiro atoms. The van der Waals surface area contributed by atoms with Crippen LogP contribution in [0.3, 0.4) is 0 Å². The molecule has 124 valence electrons. The number of nitrogens with zero attached hydrogens (tertiary/aromatic N) is 3. The number of benzene rings is 2. The Hall–Kier alpha value is -3.32. The van der Waals surface area contributed by atoms with Crippen molar-refractivity contribution in [1.82, 2.24) is 9.55 Å². The van der Waals surface area contributed by atoms with E-state index in [2.05, 4.69) is 11.1 Å². The second kappa shape index (κ2) is 7.98. The lowest BCUT2D eigenvalue weighted by molar-refractivity contribution is 0.166. The monoisotopic (exact) mass is 329 g/mol. The summed E-state index contributed by atoms with van der Waals surface area (Å²) in [4.78, 5) is 4.41. The van der Waals surface area contributed by atoms with Crippen LogP contribution in [0.5, 0.6) is 0 Å². The summed E-state index contributed by atoms with van der Waals surface area (Å²) in [6.45, 7) is 0. The number of imidazole rings is 1. The van der Waals surface area contributed by atoms with Crippen molar-refractivity contribution in [3.05, 3.63) is 96.1 Å². The molecular weight excluding hydrogens is 310 g/mol. The van der Waals surface area contributed by atoms with Crippen LogP contribution < -0.4 is 0 Å². The quantitative estimate of drug-likeness (QED) is 0.501. The van der Waals surface area contributed by atoms with Crippen LogP contribution in [0.15, 0.2) is 79.1 Å². The van der Waals surface area contributed by atoms with E-state index in [0.717, 1.165) is 17.0 Å². The molecule has 4 heteroatoms. The highest BCUT2D eigenvalue weighted by Crippen LogP contribution is 2.28. The van der Waals surface area contributed by atoms with Crippen LogP contribution in [0.4, 0.5) is 0 Å². The van der Waals surface area contributed by atoms with Crippen molar-refractivity contribution in [3.8, 4) is 6.07 Å². The van der Waals surface area contributed by atoms with Gasteiger partial charge in [-0.05, 0) is 5.56 Å². The van der Waals surface area contributed by atoms with E-state index in [9.17, 15) is 0 Å². The molecule has 3 rings (SSSR count). The Morgan fingerprint density at radius 2 is 1.84 bits per heavy atom. The van der Waals surface area contributed by atoms with Gasteiger partial charge in [-0.2, -0.15) is 5.26 Å². The maximum atomic E-state index is 9.16. The van der Waals surface area contributed by atoms with E-state index in [-0.39, 0.29) is 6.10 Å². The Kier molecular flexibility index (Phi) is 5.28. The highest BCUT2D eigenvalue weighted by atomic mass is 16.5. The number of rotatable bonds is 6. The van der Waals surface area contributed by atoms with Crippen molar-refractivity contribution in [2.75, 3.05) is 0 Å². The molecule has 3 aromatic rings. The first kappa shape index (κ1) is 16.5. The fourth-order valence-corrected chi connectivity index (χ4v) is 2.65. The van der Waals surface area contributed by atoms with Gasteiger partial charge in [-0.25, -0.2) is 4.98 Å². The van der Waals surface area contributed by atoms with Crippen molar-refractivity contribution >= 4 is 5.76 Å². The topological polar surface area (TPSA) is 50.8 Å². The number of hydrogen-bond donors (Lipinski definition) is 0. The van der Waals surface area contributed by atoms with Gasteiger partial charge in [-0.15, -0.1) is 0 Å². The van der Waals surface area contributed by atoms with Crippen LogP contribution >= 0.6 is 0 Å². The Balaban J connectivity index is 1.92. The molecule has 0 saturated carbocycles. The fraction of sp³-hybridized carbons (Fsp3) is 0.143. The summed E-state index contributed by atoms with van der Waals surface area (Å²) in [6, 6.07) is 21.8. The minimum atomic E-state index is -0.234. The normalized spacial score (nSPS) is 12.4. The van der Waals surface area contributed by atoms with Gasteiger partial charge in [0.2, 0.25) is 0 Å². The first-order valence-electron chi connectivity index (χ1n) is 8.11. The van der Waals surface area contributed by atoms with Gasteiger partial charge >= 0.3 is 0 Å². The Morgan fingerprint density at radius 3 is 2.44 bits per heavy atom. The van der Waals surface area contributed by atoms with Gasteiger partial charge in [0.25, 0.3) is 0 Å². The van der Waals surface area contributed by atoms with Crippen LogP contribution in [-0.4, -0.2) is 9.55 Å². The van der Waals surface area contributed by atoms with E-state index >= 15 is 0 Å². The van der Waals surface area contributed by atoms with Gasteiger partial charge in [-0.3, -0.25) is 0 Å². The summed E-state index contributed by atoms with van der Waals surface area (Å²) >= 11 is 0. The second-order valence-electron chi connectivity index (χ2n) is 5.68. The molecule has 1 atom stereocenters. The van der Waals surface area contributed by atoms with E-state index in [1.807, 2.05) is 78.5 Å². The molecule has 1 aromatic heterocycles. The molecule has 25 heavy (non-hydrogen) atoms. The number of aromatic nitrogens is 2. The predicted octanol–water partition coefficient (Wildman–Crippen LogP) is 4.29. The first-order valence-corrected chi connectivity index (χ1v) is 8.11. The molecule has 1 heterocycles. The SMILES string of the molecule is Cn1ccnc1CC(O/C(=C\C#N)c1ccccc1)c1ccccc1. The molecule has 0 N–H and O–H groups in total. The molecule has 0 aliphatic carbocycles. The van der Waals surface area contributed by atoms with E-state index in [4.69, 9.17) is 10.00 Å². The number of ether oxygens (including phenoxy) is 1. The summed E-state index contributed by atoms with van der Waals surface area (Å²) in [5.74, 6) is 1.49. The molecular formula is C21H19N3O. The number of hydrogen-bond acceptors (Lipinski definition) is 3. The zero-order valence-corrected chi connectivity index (χ0v) is 14.0. The van der Waals surface area contributed by atoms with Crippen LogP contribution in [-0.2, 0) is 18.2 Å². The Labute approximate surface area is 147 Å². The minimum absolute atomic E-state index is 0.234. The zero-order chi connectivity index (χ0) is 17.5. The van der Waals surface area contributed by atoms with Crippen molar-refractivity contribution in [1.29, 1.82) is 5.26 Å². The van der Waals surface area contributed by atoms with Crippen LogP contribution in [0.2, 0.25) is 0 Å². The van der Waals surface area contributed by atoms with E-state index < -0.39 is 0 Å². The molecule has 1 unspecified atom stereocenters. The highest BCUT2D eigenvalue weighted by molar-refractivity contribution is 5.62. The second-order valence-corrected chi connectivity index (χ2v) is 5.68. The molecule has 0 radical (unpaired) electrons. The molecule has 0 fully saturated rings. The van der Waals surface area contributed by atoms with E-state index in [0.29, 0.717) is 12.2 Å². The lowest BCUT2D eigenvalue weighted by atomic mass is 10.1. The Morgan fingerprint density at radius 1 is 1.16 bits per heavy atom. The third-order valence-corrected chi connectivity index (χ3v) is 3.98. The zero-order valence-electron chi connectivity index (χ0n) is 14.0. The van der Waals surface area contributed by atoms with Crippen LogP contribution in [0.25, 0.3) is 5.76 Å². The summed E-state index contributed by atoms with van der Waals surface area (Å²) in [5.41, 5.74) is 1.93. The Bertz CT molecular complexity index is 876. The summed E-state index contributed by atoms with van der Waals surface area (Å²) in [6.07, 6.45) is 5.52. The highest BCUT2D eigenvalue weighted by Gasteiger charge is 2.18. The summed E-state index contributed by atoms with van der Waals surface area (Å²) in [5, 5.41) is 9.16. The lowest BCUT2D eigenvalue weighted by Gasteiger charge is -2.21. The molecule has 0 aliphatic heterocycles. The van der Waals surface area contributed by atoms with Crippen LogP contribution in [0, 0.1) is 11.3 Å². The molecule has 4 nitrogen and oxygen atoms in total. The molecule has 0 bridgehead atoms. The van der Waals surface area contributed by atoms with Gasteiger partial charge < -0.3 is 9.30 Å². The smallest absolute Gasteiger partial charge is 0.137 e. The minimum Gasteiger partial charge on any atom is -0.484 e. The maximum absolute atomic E-state index is 9.16. The third kappa shape index (κ3) is 4.15. The maximum Gasteiger partial charge on any atom is 0.137 e. The van der Waals surface area contributed by atoms with E-state index in [1.165, 1.54) is 6.08 Å². The largest absolute Gasteiger partial charge is 0.484 e. The number of allylic oxidation sites excluding steroid dienone is 1. The lowest BCUT2D eigenvalue weighted by Crippen LogP contribution is -2.11. The first-order chi connectivity index (χ1) is 12.3. The van der Waals surface area contributed by atoms with Crippen molar-refractivity contribution in [3.63, 3.8) is 0 Å². The van der Waals surface area contributed by atoms with Gasteiger partial charge in [-0.1, -0.05) is 60.7 Å². The molecule has 2 aromatic carbocycles. The van der Waals surface area contributed by atoms with Crippen molar-refractivity contribution in [2.24, 2.45) is 7.05 Å². The standard InChI is InChI=1S/C21H19N3O/c1-24-15-14-23-21(24)16-20(18-10-6-3-7-11-18)25-19(12-13-22)17-8-4-2-5-9-17/h2-12,14-15,20H,16H2,1H3/b19-12-. The molecule has 0 aliphatic rings. The van der Waals surface area contributed by atoms with E-state index in [1.54, 1.807) is 6.20 Å². The fourth-order valence-electron chi connectivity index (χ4n) is 2.65. The number of aryl methyl sites for hydroxylation is 1. The average Bonchev–Trinajstić information content (AvgIpc) is 3.07. The summed E-state index contributed by atoms with van der Waals surface area (Å²) in [7, 11) is 1.97. The molecule has 0 saturated heterocycles.